The number of thioether (sulfide) groups is 1. The molecule has 0 aliphatic heterocycles. The van der Waals surface area contributed by atoms with E-state index in [0.717, 1.165) is 16.2 Å². The summed E-state index contributed by atoms with van der Waals surface area (Å²) in [5.41, 5.74) is 0.987. The summed E-state index contributed by atoms with van der Waals surface area (Å²) in [6.07, 6.45) is 0. The van der Waals surface area contributed by atoms with Gasteiger partial charge in [-0.25, -0.2) is 4.39 Å². The van der Waals surface area contributed by atoms with Gasteiger partial charge in [0.25, 0.3) is 0 Å². The summed E-state index contributed by atoms with van der Waals surface area (Å²) in [5.74, 6) is 0.219. The summed E-state index contributed by atoms with van der Waals surface area (Å²) in [4.78, 5) is 12.9. The lowest BCUT2D eigenvalue weighted by Gasteiger charge is -2.12. The van der Waals surface area contributed by atoms with Gasteiger partial charge in [0, 0.05) is 11.4 Å². The van der Waals surface area contributed by atoms with Gasteiger partial charge in [-0.3, -0.25) is 4.79 Å². The molecule has 2 rings (SSSR count). The molecule has 0 aliphatic carbocycles. The van der Waals surface area contributed by atoms with Crippen molar-refractivity contribution in [2.45, 2.75) is 23.6 Å². The van der Waals surface area contributed by atoms with Crippen molar-refractivity contribution in [1.82, 2.24) is 5.32 Å². The first-order chi connectivity index (χ1) is 11.0. The van der Waals surface area contributed by atoms with Gasteiger partial charge in [0.2, 0.25) is 5.91 Å². The van der Waals surface area contributed by atoms with Gasteiger partial charge in [-0.1, -0.05) is 23.7 Å². The average Bonchev–Trinajstić information content (AvgIpc) is 2.56. The molecule has 1 unspecified atom stereocenters. The quantitative estimate of drug-likeness (QED) is 0.787. The van der Waals surface area contributed by atoms with Crippen molar-refractivity contribution in [3.8, 4) is 5.75 Å². The van der Waals surface area contributed by atoms with Gasteiger partial charge in [-0.2, -0.15) is 0 Å². The summed E-state index contributed by atoms with van der Waals surface area (Å²) in [5, 5.41) is 2.62. The minimum absolute atomic E-state index is 0.0563. The molecule has 2 aromatic rings. The Bertz CT molecular complexity index is 679. The number of halogens is 2. The smallest absolute Gasteiger partial charge is 0.233 e. The minimum atomic E-state index is -0.465. The van der Waals surface area contributed by atoms with Crippen molar-refractivity contribution < 1.29 is 13.9 Å². The standard InChI is InChI=1S/C17H17ClFNO2S/c1-11(23-14-7-8-16(19)15(18)9-14)17(21)20-10-12-3-5-13(22-2)6-4-12/h3-9,11H,10H2,1-2H3,(H,20,21). The summed E-state index contributed by atoms with van der Waals surface area (Å²) < 4.78 is 18.2. The Balaban J connectivity index is 1.87. The zero-order chi connectivity index (χ0) is 16.8. The third-order valence-electron chi connectivity index (χ3n) is 3.20. The molecule has 0 bridgehead atoms. The van der Waals surface area contributed by atoms with E-state index in [1.807, 2.05) is 24.3 Å². The van der Waals surface area contributed by atoms with E-state index in [9.17, 15) is 9.18 Å². The fraction of sp³-hybridized carbons (Fsp3) is 0.235. The van der Waals surface area contributed by atoms with Gasteiger partial charge in [-0.05, 0) is 42.8 Å². The molecule has 0 saturated carbocycles. The summed E-state index contributed by atoms with van der Waals surface area (Å²) in [7, 11) is 1.61. The number of hydrogen-bond acceptors (Lipinski definition) is 3. The lowest BCUT2D eigenvalue weighted by Crippen LogP contribution is -2.30. The topological polar surface area (TPSA) is 38.3 Å². The average molecular weight is 354 g/mol. The molecule has 23 heavy (non-hydrogen) atoms. The maximum Gasteiger partial charge on any atom is 0.233 e. The number of rotatable bonds is 6. The highest BCUT2D eigenvalue weighted by molar-refractivity contribution is 8.00. The van der Waals surface area contributed by atoms with Crippen LogP contribution in [0, 0.1) is 5.82 Å². The second kappa shape index (κ2) is 8.22. The van der Waals surface area contributed by atoms with E-state index in [0.29, 0.717) is 6.54 Å². The van der Waals surface area contributed by atoms with Gasteiger partial charge in [0.05, 0.1) is 17.4 Å². The van der Waals surface area contributed by atoms with Crippen LogP contribution in [0.3, 0.4) is 0 Å². The van der Waals surface area contributed by atoms with Crippen molar-refractivity contribution in [3.05, 3.63) is 58.9 Å². The molecule has 0 saturated heterocycles. The van der Waals surface area contributed by atoms with E-state index >= 15 is 0 Å². The molecule has 0 heterocycles. The van der Waals surface area contributed by atoms with Crippen LogP contribution in [-0.4, -0.2) is 18.3 Å². The molecule has 1 N–H and O–H groups in total. The third-order valence-corrected chi connectivity index (χ3v) is 4.58. The summed E-state index contributed by atoms with van der Waals surface area (Å²) in [6.45, 7) is 2.24. The fourth-order valence-electron chi connectivity index (χ4n) is 1.88. The van der Waals surface area contributed by atoms with Gasteiger partial charge < -0.3 is 10.1 Å². The van der Waals surface area contributed by atoms with Crippen LogP contribution in [0.2, 0.25) is 5.02 Å². The van der Waals surface area contributed by atoms with Gasteiger partial charge in [0.1, 0.15) is 11.6 Å². The molecule has 0 fully saturated rings. The Hall–Kier alpha value is -1.72. The molecule has 6 heteroatoms. The van der Waals surface area contributed by atoms with Crippen LogP contribution in [0.5, 0.6) is 5.75 Å². The molecular formula is C17H17ClFNO2S. The number of amides is 1. The predicted octanol–water partition coefficient (Wildman–Crippen LogP) is 4.28. The lowest BCUT2D eigenvalue weighted by atomic mass is 10.2. The number of nitrogens with one attached hydrogen (secondary N) is 1. The monoisotopic (exact) mass is 353 g/mol. The zero-order valence-electron chi connectivity index (χ0n) is 12.8. The van der Waals surface area contributed by atoms with Gasteiger partial charge in [-0.15, -0.1) is 11.8 Å². The number of hydrogen-bond donors (Lipinski definition) is 1. The van der Waals surface area contributed by atoms with Crippen LogP contribution in [0.1, 0.15) is 12.5 Å². The first-order valence-electron chi connectivity index (χ1n) is 7.02. The second-order valence-corrected chi connectivity index (χ2v) is 6.72. The highest BCUT2D eigenvalue weighted by Crippen LogP contribution is 2.27. The first-order valence-corrected chi connectivity index (χ1v) is 8.27. The van der Waals surface area contributed by atoms with E-state index in [1.54, 1.807) is 20.1 Å². The molecule has 1 atom stereocenters. The van der Waals surface area contributed by atoms with Crippen LogP contribution in [0.25, 0.3) is 0 Å². The second-order valence-electron chi connectivity index (χ2n) is 4.90. The van der Waals surface area contributed by atoms with Crippen molar-refractivity contribution in [2.24, 2.45) is 0 Å². The molecule has 122 valence electrons. The van der Waals surface area contributed by atoms with Crippen LogP contribution < -0.4 is 10.1 Å². The van der Waals surface area contributed by atoms with Crippen molar-refractivity contribution in [3.63, 3.8) is 0 Å². The normalized spacial score (nSPS) is 11.8. The molecule has 0 spiro atoms. The largest absolute Gasteiger partial charge is 0.497 e. The maximum atomic E-state index is 13.1. The molecule has 3 nitrogen and oxygen atoms in total. The SMILES string of the molecule is COc1ccc(CNC(=O)C(C)Sc2ccc(F)c(Cl)c2)cc1. The van der Waals surface area contributed by atoms with E-state index < -0.39 is 5.82 Å². The number of ether oxygens (including phenoxy) is 1. The van der Waals surface area contributed by atoms with Gasteiger partial charge >= 0.3 is 0 Å². The summed E-state index contributed by atoms with van der Waals surface area (Å²) >= 11 is 7.08. The maximum absolute atomic E-state index is 13.1. The Kier molecular flexibility index (Phi) is 6.30. The van der Waals surface area contributed by atoms with Crippen LogP contribution in [0.4, 0.5) is 4.39 Å². The predicted molar refractivity (Wildman–Crippen MR) is 91.6 cm³/mol. The van der Waals surface area contributed by atoms with Crippen LogP contribution >= 0.6 is 23.4 Å². The molecule has 0 aliphatic rings. The van der Waals surface area contributed by atoms with Crippen LogP contribution in [-0.2, 0) is 11.3 Å². The van der Waals surface area contributed by atoms with Crippen molar-refractivity contribution >= 4 is 29.3 Å². The Labute approximate surface area is 144 Å². The van der Waals surface area contributed by atoms with Crippen LogP contribution in [0.15, 0.2) is 47.4 Å². The first kappa shape index (κ1) is 17.6. The van der Waals surface area contributed by atoms with Gasteiger partial charge in [0.15, 0.2) is 0 Å². The molecule has 1 amide bonds. The zero-order valence-corrected chi connectivity index (χ0v) is 14.4. The Morgan fingerprint density at radius 3 is 2.61 bits per heavy atom. The van der Waals surface area contributed by atoms with E-state index in [2.05, 4.69) is 5.32 Å². The summed E-state index contributed by atoms with van der Waals surface area (Å²) in [6, 6.07) is 11.9. The molecule has 0 radical (unpaired) electrons. The van der Waals surface area contributed by atoms with Crippen molar-refractivity contribution in [1.29, 1.82) is 0 Å². The highest BCUT2D eigenvalue weighted by Gasteiger charge is 2.14. The number of carbonyl (C=O) groups is 1. The van der Waals surface area contributed by atoms with Crippen molar-refractivity contribution in [2.75, 3.05) is 7.11 Å². The lowest BCUT2D eigenvalue weighted by molar-refractivity contribution is -0.120. The Morgan fingerprint density at radius 2 is 2.00 bits per heavy atom. The number of carbonyl (C=O) groups excluding carboxylic acids is 1. The number of methoxy groups -OCH3 is 1. The number of benzene rings is 2. The molecule has 2 aromatic carbocycles. The third kappa shape index (κ3) is 5.15. The highest BCUT2D eigenvalue weighted by atomic mass is 35.5. The minimum Gasteiger partial charge on any atom is -0.497 e. The molecule has 0 aromatic heterocycles. The van der Waals surface area contributed by atoms with E-state index in [4.69, 9.17) is 16.3 Å². The van der Waals surface area contributed by atoms with E-state index in [-0.39, 0.29) is 16.2 Å². The Morgan fingerprint density at radius 1 is 1.30 bits per heavy atom. The fourth-order valence-corrected chi connectivity index (χ4v) is 3.06. The van der Waals surface area contributed by atoms with E-state index in [1.165, 1.54) is 23.9 Å². The molecular weight excluding hydrogens is 337 g/mol.